The summed E-state index contributed by atoms with van der Waals surface area (Å²) >= 11 is 12.0. The predicted octanol–water partition coefficient (Wildman–Crippen LogP) is 7.87. The highest BCUT2D eigenvalue weighted by Crippen LogP contribution is 2.28. The molecule has 0 saturated heterocycles. The van der Waals surface area contributed by atoms with Crippen LogP contribution in [-0.2, 0) is 6.42 Å². The topological polar surface area (TPSA) is 74.9 Å². The Morgan fingerprint density at radius 2 is 1.65 bits per heavy atom. The van der Waals surface area contributed by atoms with Gasteiger partial charge in [0.05, 0.1) is 28.9 Å². The maximum absolute atomic E-state index is 6.47. The van der Waals surface area contributed by atoms with Gasteiger partial charge < -0.3 is 20.4 Å². The van der Waals surface area contributed by atoms with E-state index in [0.717, 1.165) is 56.9 Å². The Morgan fingerprint density at radius 3 is 2.45 bits per heavy atom. The van der Waals surface area contributed by atoms with Crippen molar-refractivity contribution in [3.63, 3.8) is 0 Å². The Hall–Kier alpha value is -4.20. The molecule has 0 fully saturated rings. The van der Waals surface area contributed by atoms with Crippen molar-refractivity contribution in [3.8, 4) is 17.0 Å². The van der Waals surface area contributed by atoms with Gasteiger partial charge in [-0.05, 0) is 85.7 Å². The monoisotopic (exact) mass is 567 g/mol. The van der Waals surface area contributed by atoms with E-state index in [-0.39, 0.29) is 0 Å². The van der Waals surface area contributed by atoms with Crippen LogP contribution in [0.1, 0.15) is 19.2 Å². The summed E-state index contributed by atoms with van der Waals surface area (Å²) in [5, 5.41) is 8.63. The summed E-state index contributed by atoms with van der Waals surface area (Å²) in [4.78, 5) is 13.6. The number of aromatic amines is 1. The zero-order valence-corrected chi connectivity index (χ0v) is 23.7. The van der Waals surface area contributed by atoms with Crippen LogP contribution < -0.4 is 15.4 Å². The third kappa shape index (κ3) is 7.05. The molecule has 0 aliphatic rings. The maximum atomic E-state index is 6.47. The van der Waals surface area contributed by atoms with Crippen LogP contribution in [0.15, 0.2) is 97.1 Å². The van der Waals surface area contributed by atoms with Crippen molar-refractivity contribution in [2.24, 2.45) is 0 Å². The lowest BCUT2D eigenvalue weighted by atomic mass is 10.1. The van der Waals surface area contributed by atoms with Crippen LogP contribution in [0, 0.1) is 0 Å². The molecule has 1 heterocycles. The lowest BCUT2D eigenvalue weighted by molar-refractivity contribution is 0.340. The molecule has 3 N–H and O–H groups in total. The van der Waals surface area contributed by atoms with Crippen LogP contribution in [0.4, 0.5) is 5.69 Å². The lowest BCUT2D eigenvalue weighted by Crippen LogP contribution is -2.29. The molecular formula is C32H30ClN5OS. The summed E-state index contributed by atoms with van der Waals surface area (Å²) in [7, 11) is 0. The number of aryl methyl sites for hydroxylation is 1. The number of nitrogens with one attached hydrogen (secondary N) is 3. The van der Waals surface area contributed by atoms with Gasteiger partial charge in [-0.3, -0.25) is 0 Å². The molecule has 5 aromatic rings. The van der Waals surface area contributed by atoms with Gasteiger partial charge in [0.25, 0.3) is 0 Å². The lowest BCUT2D eigenvalue weighted by Gasteiger charge is -2.11. The number of hydrogen-bond donors (Lipinski definition) is 3. The van der Waals surface area contributed by atoms with Crippen molar-refractivity contribution in [3.05, 3.63) is 108 Å². The molecule has 0 bridgehead atoms. The van der Waals surface area contributed by atoms with Crippen molar-refractivity contribution in [2.75, 3.05) is 18.5 Å². The minimum Gasteiger partial charge on any atom is -0.494 e. The van der Waals surface area contributed by atoms with Crippen molar-refractivity contribution < 1.29 is 4.74 Å². The van der Waals surface area contributed by atoms with E-state index in [9.17, 15) is 0 Å². The van der Waals surface area contributed by atoms with Crippen LogP contribution in [0.3, 0.4) is 0 Å². The number of halogens is 1. The van der Waals surface area contributed by atoms with Crippen molar-refractivity contribution in [2.45, 2.75) is 19.8 Å². The third-order valence-electron chi connectivity index (χ3n) is 6.24. The largest absolute Gasteiger partial charge is 0.494 e. The van der Waals surface area contributed by atoms with E-state index < -0.39 is 0 Å². The van der Waals surface area contributed by atoms with E-state index in [1.54, 1.807) is 0 Å². The fourth-order valence-corrected chi connectivity index (χ4v) is 4.75. The zero-order valence-electron chi connectivity index (χ0n) is 22.2. The van der Waals surface area contributed by atoms with Crippen molar-refractivity contribution in [1.29, 1.82) is 0 Å². The van der Waals surface area contributed by atoms with Gasteiger partial charge in [-0.1, -0.05) is 54.1 Å². The fraction of sp³-hybridized carbons (Fsp3) is 0.156. The predicted molar refractivity (Wildman–Crippen MR) is 170 cm³/mol. The highest BCUT2D eigenvalue weighted by Gasteiger charge is 2.08. The van der Waals surface area contributed by atoms with Gasteiger partial charge in [0, 0.05) is 29.1 Å². The highest BCUT2D eigenvalue weighted by atomic mass is 35.5. The molecule has 40 heavy (non-hydrogen) atoms. The molecule has 0 aliphatic heterocycles. The molecular weight excluding hydrogens is 538 g/mol. The summed E-state index contributed by atoms with van der Waals surface area (Å²) in [5.74, 6) is 1.57. The first kappa shape index (κ1) is 27.4. The van der Waals surface area contributed by atoms with Gasteiger partial charge in [-0.2, -0.15) is 0 Å². The average Bonchev–Trinajstić information content (AvgIpc) is 3.03. The molecule has 0 radical (unpaired) electrons. The van der Waals surface area contributed by atoms with Gasteiger partial charge in [-0.25, -0.2) is 9.97 Å². The summed E-state index contributed by atoms with van der Waals surface area (Å²) in [6.07, 6.45) is 1.46. The molecule has 0 unspecified atom stereocenters. The molecule has 0 saturated carbocycles. The molecule has 0 spiro atoms. The molecule has 202 valence electrons. The van der Waals surface area contributed by atoms with E-state index in [4.69, 9.17) is 38.5 Å². The average molecular weight is 568 g/mol. The third-order valence-corrected chi connectivity index (χ3v) is 6.72. The maximum Gasteiger partial charge on any atom is 0.170 e. The number of thiocarbonyl (C=S) groups is 1. The first-order valence-electron chi connectivity index (χ1n) is 13.2. The number of para-hydroxylation sites is 2. The summed E-state index contributed by atoms with van der Waals surface area (Å²) in [5.41, 5.74) is 5.41. The van der Waals surface area contributed by atoms with Gasteiger partial charge in [0.2, 0.25) is 0 Å². The molecule has 0 amide bonds. The molecule has 1 aromatic heterocycles. The molecule has 0 aliphatic carbocycles. The van der Waals surface area contributed by atoms with Gasteiger partial charge in [0.15, 0.2) is 5.11 Å². The van der Waals surface area contributed by atoms with Crippen molar-refractivity contribution >= 4 is 56.6 Å². The minimum atomic E-state index is 0.564. The van der Waals surface area contributed by atoms with Gasteiger partial charge in [0.1, 0.15) is 11.6 Å². The second-order valence-corrected chi connectivity index (χ2v) is 9.97. The number of rotatable bonds is 8. The molecule has 8 heteroatoms. The number of ether oxygens (including phenoxy) is 1. The summed E-state index contributed by atoms with van der Waals surface area (Å²) in [6.45, 7) is 3.27. The Kier molecular flexibility index (Phi) is 9.06. The van der Waals surface area contributed by atoms with Crippen LogP contribution >= 0.6 is 23.8 Å². The first-order valence-corrected chi connectivity index (χ1v) is 14.0. The SMILES string of the molecule is CCOc1ccc(NC(=S)NCCCc2nc3ccccc3[nH]c(-c3ccccc3)c3cc(Cl)ccc3n2)cc1. The Bertz CT molecular complexity index is 1670. The number of H-pyrrole nitrogens is 1. The summed E-state index contributed by atoms with van der Waals surface area (Å²) < 4.78 is 5.50. The van der Waals surface area contributed by atoms with Crippen LogP contribution in [0.2, 0.25) is 5.02 Å². The van der Waals surface area contributed by atoms with E-state index in [2.05, 4.69) is 27.8 Å². The standard InChI is InChI=1S/C32H30ClN5OS/c1-2-39-25-17-15-24(16-18-25)35-32(40)34-20-8-13-30-36-27-19-14-23(33)21-26(27)31(22-9-4-3-5-10-22)38-29-12-7-6-11-28(29)37-30/h3-7,9-12,14-19,21,38H,2,8,13,20H2,1H3,(H2,34,35,40). The van der Waals surface area contributed by atoms with E-state index in [1.807, 2.05) is 91.9 Å². The quantitative estimate of drug-likeness (QED) is 0.131. The van der Waals surface area contributed by atoms with Gasteiger partial charge >= 0.3 is 0 Å². The van der Waals surface area contributed by atoms with Crippen LogP contribution in [0.5, 0.6) is 5.75 Å². The number of aromatic nitrogens is 3. The summed E-state index contributed by atoms with van der Waals surface area (Å²) in [6, 6.07) is 31.7. The van der Waals surface area contributed by atoms with Crippen LogP contribution in [0.25, 0.3) is 33.2 Å². The number of anilines is 1. The zero-order chi connectivity index (χ0) is 27.7. The van der Waals surface area contributed by atoms with Gasteiger partial charge in [-0.15, -0.1) is 0 Å². The first-order chi connectivity index (χ1) is 19.6. The molecule has 6 nitrogen and oxygen atoms in total. The molecule has 5 rings (SSSR count). The van der Waals surface area contributed by atoms with Crippen molar-refractivity contribution in [1.82, 2.24) is 20.3 Å². The smallest absolute Gasteiger partial charge is 0.170 e. The fourth-order valence-electron chi connectivity index (χ4n) is 4.36. The number of hydrogen-bond acceptors (Lipinski definition) is 4. The van der Waals surface area contributed by atoms with E-state index in [0.29, 0.717) is 29.7 Å². The van der Waals surface area contributed by atoms with Crippen LogP contribution in [-0.4, -0.2) is 33.2 Å². The second-order valence-electron chi connectivity index (χ2n) is 9.13. The normalized spacial score (nSPS) is 10.8. The number of benzene rings is 4. The number of nitrogens with zero attached hydrogens (tertiary/aromatic N) is 2. The Balaban J connectivity index is 1.40. The second kappa shape index (κ2) is 13.2. The van der Waals surface area contributed by atoms with E-state index in [1.165, 1.54) is 0 Å². The Morgan fingerprint density at radius 1 is 0.900 bits per heavy atom. The number of fused-ring (bicyclic) bond motifs is 2. The highest BCUT2D eigenvalue weighted by molar-refractivity contribution is 7.80. The minimum absolute atomic E-state index is 0.564. The molecule has 0 atom stereocenters. The Labute approximate surface area is 244 Å². The van der Waals surface area contributed by atoms with E-state index >= 15 is 0 Å². The molecule has 4 aromatic carbocycles.